The lowest BCUT2D eigenvalue weighted by Crippen LogP contribution is -2.38. The first kappa shape index (κ1) is 19.6. The standard InChI is InChI=1S/C17H16ClF2N3O3/c1-23(10-11-2-4-13(5-3-11)26-17(19)20)15(24)9-22-16(25)14-8-12(18)6-7-21-14/h2-8,17H,9-10H2,1H3,(H,22,25). The van der Waals surface area contributed by atoms with E-state index in [-0.39, 0.29) is 30.4 Å². The Morgan fingerprint density at radius 3 is 2.58 bits per heavy atom. The highest BCUT2D eigenvalue weighted by molar-refractivity contribution is 6.30. The average molecular weight is 384 g/mol. The number of halogens is 3. The molecule has 26 heavy (non-hydrogen) atoms. The highest BCUT2D eigenvalue weighted by Gasteiger charge is 2.13. The number of ether oxygens (including phenoxy) is 1. The Balaban J connectivity index is 1.84. The molecule has 0 atom stereocenters. The third-order valence-corrected chi connectivity index (χ3v) is 3.58. The molecule has 0 spiro atoms. The molecule has 0 saturated heterocycles. The Labute approximate surface area is 153 Å². The summed E-state index contributed by atoms with van der Waals surface area (Å²) in [6, 6.07) is 8.88. The molecule has 0 bridgehead atoms. The van der Waals surface area contributed by atoms with Gasteiger partial charge in [-0.3, -0.25) is 14.6 Å². The van der Waals surface area contributed by atoms with Crippen molar-refractivity contribution in [3.63, 3.8) is 0 Å². The van der Waals surface area contributed by atoms with Gasteiger partial charge in [-0.1, -0.05) is 23.7 Å². The van der Waals surface area contributed by atoms with E-state index in [1.807, 2.05) is 0 Å². The van der Waals surface area contributed by atoms with Gasteiger partial charge >= 0.3 is 6.61 Å². The van der Waals surface area contributed by atoms with Gasteiger partial charge in [-0.25, -0.2) is 0 Å². The number of nitrogens with zero attached hydrogens (tertiary/aromatic N) is 2. The summed E-state index contributed by atoms with van der Waals surface area (Å²) in [5.41, 5.74) is 0.841. The minimum Gasteiger partial charge on any atom is -0.435 e. The smallest absolute Gasteiger partial charge is 0.387 e. The molecular formula is C17H16ClF2N3O3. The monoisotopic (exact) mass is 383 g/mol. The molecule has 0 fully saturated rings. The van der Waals surface area contributed by atoms with E-state index in [2.05, 4.69) is 15.0 Å². The molecule has 1 aromatic heterocycles. The topological polar surface area (TPSA) is 71.5 Å². The number of carbonyl (C=O) groups excluding carboxylic acids is 2. The molecule has 0 aliphatic rings. The first-order valence-corrected chi connectivity index (χ1v) is 7.90. The van der Waals surface area contributed by atoms with Crippen LogP contribution < -0.4 is 10.1 Å². The van der Waals surface area contributed by atoms with Gasteiger partial charge < -0.3 is 15.0 Å². The molecule has 0 aliphatic carbocycles. The van der Waals surface area contributed by atoms with Crippen LogP contribution >= 0.6 is 11.6 Å². The van der Waals surface area contributed by atoms with Crippen LogP contribution in [-0.4, -0.2) is 41.9 Å². The average Bonchev–Trinajstić information content (AvgIpc) is 2.60. The van der Waals surface area contributed by atoms with Crippen molar-refractivity contribution in [2.24, 2.45) is 0 Å². The zero-order valence-electron chi connectivity index (χ0n) is 13.8. The summed E-state index contributed by atoms with van der Waals surface area (Å²) in [5.74, 6) is -0.796. The van der Waals surface area contributed by atoms with Crippen LogP contribution in [0.15, 0.2) is 42.6 Å². The molecule has 0 radical (unpaired) electrons. The molecule has 1 heterocycles. The number of amides is 2. The number of aromatic nitrogens is 1. The number of hydrogen-bond donors (Lipinski definition) is 1. The number of carbonyl (C=O) groups is 2. The van der Waals surface area contributed by atoms with Gasteiger partial charge in [0.2, 0.25) is 5.91 Å². The first-order chi connectivity index (χ1) is 12.3. The number of alkyl halides is 2. The minimum absolute atomic E-state index is 0.0408. The zero-order chi connectivity index (χ0) is 19.1. The lowest BCUT2D eigenvalue weighted by molar-refractivity contribution is -0.129. The van der Waals surface area contributed by atoms with Crippen LogP contribution in [0.4, 0.5) is 8.78 Å². The van der Waals surface area contributed by atoms with Crippen LogP contribution in [0.3, 0.4) is 0 Å². The summed E-state index contributed by atoms with van der Waals surface area (Å²) in [6.45, 7) is -2.85. The summed E-state index contributed by atoms with van der Waals surface area (Å²) in [6.07, 6.45) is 1.40. The molecule has 1 N–H and O–H groups in total. The second-order valence-corrected chi connectivity index (χ2v) is 5.75. The molecule has 1 aromatic carbocycles. The summed E-state index contributed by atoms with van der Waals surface area (Å²) >= 11 is 5.79. The van der Waals surface area contributed by atoms with Crippen molar-refractivity contribution >= 4 is 23.4 Å². The van der Waals surface area contributed by atoms with Crippen molar-refractivity contribution in [2.75, 3.05) is 13.6 Å². The summed E-state index contributed by atoms with van der Waals surface area (Å²) < 4.78 is 28.5. The van der Waals surface area contributed by atoms with Crippen molar-refractivity contribution in [1.82, 2.24) is 15.2 Å². The number of rotatable bonds is 7. The Morgan fingerprint density at radius 1 is 1.27 bits per heavy atom. The first-order valence-electron chi connectivity index (χ1n) is 7.52. The number of benzene rings is 1. The van der Waals surface area contributed by atoms with Crippen LogP contribution in [0, 0.1) is 0 Å². The summed E-state index contributed by atoms with van der Waals surface area (Å²) in [7, 11) is 1.57. The third kappa shape index (κ3) is 5.96. The van der Waals surface area contributed by atoms with Crippen molar-refractivity contribution in [1.29, 1.82) is 0 Å². The van der Waals surface area contributed by atoms with E-state index in [9.17, 15) is 18.4 Å². The number of likely N-dealkylation sites (N-methyl/N-ethyl adjacent to an activating group) is 1. The van der Waals surface area contributed by atoms with Crippen molar-refractivity contribution in [3.8, 4) is 5.75 Å². The van der Waals surface area contributed by atoms with Crippen LogP contribution in [0.1, 0.15) is 16.1 Å². The van der Waals surface area contributed by atoms with Gasteiger partial charge in [-0.15, -0.1) is 0 Å². The Bertz CT molecular complexity index is 772. The van der Waals surface area contributed by atoms with Crippen molar-refractivity contribution < 1.29 is 23.1 Å². The predicted molar refractivity (Wildman–Crippen MR) is 91.1 cm³/mol. The molecule has 9 heteroatoms. The van der Waals surface area contributed by atoms with Crippen LogP contribution in [0.5, 0.6) is 5.75 Å². The number of hydrogen-bond acceptors (Lipinski definition) is 4. The van der Waals surface area contributed by atoms with Crippen molar-refractivity contribution in [3.05, 3.63) is 58.9 Å². The zero-order valence-corrected chi connectivity index (χ0v) is 14.5. The minimum atomic E-state index is -2.89. The lowest BCUT2D eigenvalue weighted by Gasteiger charge is -2.18. The third-order valence-electron chi connectivity index (χ3n) is 3.35. The molecule has 0 unspecified atom stereocenters. The molecule has 2 amide bonds. The van der Waals surface area contributed by atoms with Crippen LogP contribution in [-0.2, 0) is 11.3 Å². The van der Waals surface area contributed by atoms with Gasteiger partial charge in [-0.2, -0.15) is 8.78 Å². The van der Waals surface area contributed by atoms with Gasteiger partial charge in [-0.05, 0) is 29.8 Å². The van der Waals surface area contributed by atoms with E-state index in [1.54, 1.807) is 19.2 Å². The van der Waals surface area contributed by atoms with E-state index in [0.29, 0.717) is 5.02 Å². The van der Waals surface area contributed by atoms with Gasteiger partial charge in [0.15, 0.2) is 0 Å². The lowest BCUT2D eigenvalue weighted by atomic mass is 10.2. The molecule has 2 rings (SSSR count). The Hall–Kier alpha value is -2.74. The maximum atomic E-state index is 12.1. The fraction of sp³-hybridized carbons (Fsp3) is 0.235. The predicted octanol–water partition coefficient (Wildman–Crippen LogP) is 2.72. The molecule has 2 aromatic rings. The van der Waals surface area contributed by atoms with E-state index in [0.717, 1.165) is 5.56 Å². The van der Waals surface area contributed by atoms with Crippen LogP contribution in [0.25, 0.3) is 0 Å². The van der Waals surface area contributed by atoms with E-state index in [4.69, 9.17) is 11.6 Å². The van der Waals surface area contributed by atoms with Gasteiger partial charge in [0.05, 0.1) is 6.54 Å². The largest absolute Gasteiger partial charge is 0.435 e. The highest BCUT2D eigenvalue weighted by atomic mass is 35.5. The Morgan fingerprint density at radius 2 is 1.96 bits per heavy atom. The maximum absolute atomic E-state index is 12.1. The SMILES string of the molecule is CN(Cc1ccc(OC(F)F)cc1)C(=O)CNC(=O)c1cc(Cl)ccn1. The second kappa shape index (κ2) is 9.10. The van der Waals surface area contributed by atoms with Gasteiger partial charge in [0.1, 0.15) is 11.4 Å². The fourth-order valence-corrected chi connectivity index (χ4v) is 2.21. The number of nitrogens with one attached hydrogen (secondary N) is 1. The molecule has 138 valence electrons. The van der Waals surface area contributed by atoms with Gasteiger partial charge in [0.25, 0.3) is 5.91 Å². The highest BCUT2D eigenvalue weighted by Crippen LogP contribution is 2.15. The quantitative estimate of drug-likeness (QED) is 0.798. The molecule has 0 saturated carbocycles. The fourth-order valence-electron chi connectivity index (χ4n) is 2.05. The normalized spacial score (nSPS) is 10.5. The van der Waals surface area contributed by atoms with Gasteiger partial charge in [0, 0.05) is 24.8 Å². The van der Waals surface area contributed by atoms with Crippen molar-refractivity contribution in [2.45, 2.75) is 13.2 Å². The second-order valence-electron chi connectivity index (χ2n) is 5.31. The molecular weight excluding hydrogens is 368 g/mol. The summed E-state index contributed by atoms with van der Waals surface area (Å²) in [4.78, 5) is 29.3. The molecule has 0 aliphatic heterocycles. The number of pyridine rings is 1. The van der Waals surface area contributed by atoms with E-state index < -0.39 is 12.5 Å². The Kier molecular flexibility index (Phi) is 6.85. The van der Waals surface area contributed by atoms with E-state index >= 15 is 0 Å². The van der Waals surface area contributed by atoms with E-state index in [1.165, 1.54) is 35.4 Å². The molecule has 6 nitrogen and oxygen atoms in total. The maximum Gasteiger partial charge on any atom is 0.387 e. The van der Waals surface area contributed by atoms with Crippen LogP contribution in [0.2, 0.25) is 5.02 Å². The summed E-state index contributed by atoms with van der Waals surface area (Å²) in [5, 5.41) is 2.84.